The molecule has 46 heavy (non-hydrogen) atoms. The van der Waals surface area contributed by atoms with Crippen LogP contribution in [0.25, 0.3) is 33.3 Å². The molecular formula is C40H36N2O4. The molecule has 1 aliphatic rings. The Hall–Kier alpha value is -5.62. The van der Waals surface area contributed by atoms with Crippen LogP contribution in [0.15, 0.2) is 109 Å². The van der Waals surface area contributed by atoms with Crippen LogP contribution in [-0.2, 0) is 5.41 Å². The zero-order valence-corrected chi connectivity index (χ0v) is 26.6. The summed E-state index contributed by atoms with van der Waals surface area (Å²) in [7, 11) is 0. The Balaban J connectivity index is 0.00000182. The molecule has 0 unspecified atom stereocenters. The number of ether oxygens (including phenoxy) is 1. The summed E-state index contributed by atoms with van der Waals surface area (Å²) in [6, 6.07) is 33.3. The van der Waals surface area contributed by atoms with E-state index in [1.54, 1.807) is 6.07 Å². The van der Waals surface area contributed by atoms with E-state index < -0.39 is 0 Å². The van der Waals surface area contributed by atoms with Crippen LogP contribution in [-0.4, -0.2) is 21.0 Å². The fraction of sp³-hybridized carbons (Fsp3) is 0.150. The number of nitrogens with zero attached hydrogens (tertiary/aromatic N) is 1. The fourth-order valence-electron chi connectivity index (χ4n) is 5.76. The number of rotatable bonds is 5. The molecule has 0 saturated carbocycles. The number of anilines is 2. The van der Waals surface area contributed by atoms with Gasteiger partial charge in [-0.15, -0.1) is 0 Å². The van der Waals surface area contributed by atoms with Crippen molar-refractivity contribution in [3.8, 4) is 45.4 Å². The molecular weight excluding hydrogens is 572 g/mol. The molecule has 230 valence electrons. The third-order valence-electron chi connectivity index (χ3n) is 7.99. The van der Waals surface area contributed by atoms with Gasteiger partial charge in [-0.2, -0.15) is 0 Å². The molecule has 0 amide bonds. The number of carbonyl (C=O) groups excluding carboxylic acids is 1. The Kier molecular flexibility index (Phi) is 7.97. The number of phenolic OH excluding ortho intramolecular Hbond substituents is 2. The van der Waals surface area contributed by atoms with Gasteiger partial charge < -0.3 is 20.3 Å². The predicted molar refractivity (Wildman–Crippen MR) is 186 cm³/mol. The lowest BCUT2D eigenvalue weighted by molar-refractivity contribution is 0.104. The SMILES string of the molecule is CC.CC(C)(C)c1ccc(Oc2cc(Nc3ccccc3)c3c4c(cc(-c5ccc(O)cc5O)nc24)-c2ccccc2C3=O)cc1. The van der Waals surface area contributed by atoms with Gasteiger partial charge in [0.1, 0.15) is 22.8 Å². The Morgan fingerprint density at radius 3 is 2.07 bits per heavy atom. The molecule has 5 aromatic carbocycles. The third-order valence-corrected chi connectivity index (χ3v) is 7.99. The summed E-state index contributed by atoms with van der Waals surface area (Å²) < 4.78 is 6.56. The number of phenols is 2. The van der Waals surface area contributed by atoms with Gasteiger partial charge in [-0.25, -0.2) is 4.98 Å². The van der Waals surface area contributed by atoms with E-state index in [1.807, 2.05) is 92.7 Å². The maximum absolute atomic E-state index is 14.2. The number of aromatic nitrogens is 1. The summed E-state index contributed by atoms with van der Waals surface area (Å²) in [5.74, 6) is 0.819. The van der Waals surface area contributed by atoms with Gasteiger partial charge in [-0.05, 0) is 64.6 Å². The van der Waals surface area contributed by atoms with E-state index in [-0.39, 0.29) is 22.7 Å². The normalized spacial score (nSPS) is 11.8. The molecule has 3 N–H and O–H groups in total. The van der Waals surface area contributed by atoms with Crippen LogP contribution in [0.5, 0.6) is 23.0 Å². The highest BCUT2D eigenvalue weighted by Crippen LogP contribution is 2.48. The number of carbonyl (C=O) groups is 1. The van der Waals surface area contributed by atoms with Crippen LogP contribution in [0.1, 0.15) is 56.1 Å². The number of benzene rings is 5. The standard InChI is InChI=1S/C38H30N2O4.C2H6/c1-38(2,3)22-13-16-25(17-14-22)44-33-21-31(39-23-9-5-4-6-10-23)35-34-29(26-11-7-8-12-27(26)37(35)43)20-30(40-36(33)34)28-18-15-24(41)19-32(28)42;1-2/h4-21,39,41-42H,1-3H3;1-2H3. The Bertz CT molecular complexity index is 2080. The zero-order valence-electron chi connectivity index (χ0n) is 26.6. The Morgan fingerprint density at radius 1 is 0.717 bits per heavy atom. The van der Waals surface area contributed by atoms with Crippen molar-refractivity contribution in [1.82, 2.24) is 4.98 Å². The molecule has 0 atom stereocenters. The van der Waals surface area contributed by atoms with Gasteiger partial charge in [0.25, 0.3) is 0 Å². The highest BCUT2D eigenvalue weighted by atomic mass is 16.5. The number of nitrogens with one attached hydrogen (secondary N) is 1. The van der Waals surface area contributed by atoms with E-state index in [0.29, 0.717) is 50.5 Å². The Morgan fingerprint density at radius 2 is 1.39 bits per heavy atom. The molecule has 0 saturated heterocycles. The maximum Gasteiger partial charge on any atom is 0.196 e. The first-order chi connectivity index (χ1) is 22.2. The number of hydrogen-bond acceptors (Lipinski definition) is 6. The van der Waals surface area contributed by atoms with E-state index in [4.69, 9.17) is 9.72 Å². The molecule has 0 bridgehead atoms. The van der Waals surface area contributed by atoms with Crippen molar-refractivity contribution in [2.75, 3.05) is 5.32 Å². The summed E-state index contributed by atoms with van der Waals surface area (Å²) in [5, 5.41) is 24.9. The van der Waals surface area contributed by atoms with Crippen molar-refractivity contribution in [2.24, 2.45) is 0 Å². The van der Waals surface area contributed by atoms with Crippen LogP contribution >= 0.6 is 0 Å². The van der Waals surface area contributed by atoms with Crippen molar-refractivity contribution in [1.29, 1.82) is 0 Å². The number of ketones is 1. The highest BCUT2D eigenvalue weighted by Gasteiger charge is 2.31. The van der Waals surface area contributed by atoms with Gasteiger partial charge >= 0.3 is 0 Å². The second kappa shape index (κ2) is 12.1. The van der Waals surface area contributed by atoms with E-state index in [0.717, 1.165) is 16.8 Å². The van der Waals surface area contributed by atoms with Crippen molar-refractivity contribution in [2.45, 2.75) is 40.0 Å². The summed E-state index contributed by atoms with van der Waals surface area (Å²) in [5.41, 5.74) is 6.67. The van der Waals surface area contributed by atoms with Gasteiger partial charge in [0.15, 0.2) is 11.5 Å². The monoisotopic (exact) mass is 608 g/mol. The number of aromatic hydroxyl groups is 2. The van der Waals surface area contributed by atoms with Crippen molar-refractivity contribution in [3.63, 3.8) is 0 Å². The molecule has 1 aliphatic carbocycles. The zero-order chi connectivity index (χ0) is 32.6. The van der Waals surface area contributed by atoms with Gasteiger partial charge in [0, 0.05) is 34.3 Å². The predicted octanol–water partition coefficient (Wildman–Crippen LogP) is 10.4. The Labute approximate surface area is 269 Å². The topological polar surface area (TPSA) is 91.7 Å². The lowest BCUT2D eigenvalue weighted by Crippen LogP contribution is -2.14. The van der Waals surface area contributed by atoms with Crippen molar-refractivity contribution >= 4 is 28.1 Å². The lowest BCUT2D eigenvalue weighted by Gasteiger charge is -2.25. The van der Waals surface area contributed by atoms with Gasteiger partial charge in [-0.3, -0.25) is 4.79 Å². The first-order valence-electron chi connectivity index (χ1n) is 15.5. The maximum atomic E-state index is 14.2. The number of para-hydroxylation sites is 1. The first-order valence-corrected chi connectivity index (χ1v) is 15.5. The average Bonchev–Trinajstić information content (AvgIpc) is 3.05. The first kappa shape index (κ1) is 30.4. The van der Waals surface area contributed by atoms with Crippen LogP contribution in [0.3, 0.4) is 0 Å². The summed E-state index contributed by atoms with van der Waals surface area (Å²) in [4.78, 5) is 19.2. The van der Waals surface area contributed by atoms with Crippen molar-refractivity contribution in [3.05, 3.63) is 126 Å². The average molecular weight is 609 g/mol. The third kappa shape index (κ3) is 5.54. The number of fused-ring (bicyclic) bond motifs is 2. The minimum atomic E-state index is -0.111. The molecule has 0 spiro atoms. The molecule has 6 heteroatoms. The smallest absolute Gasteiger partial charge is 0.196 e. The van der Waals surface area contributed by atoms with Gasteiger partial charge in [0.2, 0.25) is 0 Å². The fourth-order valence-corrected chi connectivity index (χ4v) is 5.76. The molecule has 1 aromatic heterocycles. The summed E-state index contributed by atoms with van der Waals surface area (Å²) in [6.07, 6.45) is 0. The van der Waals surface area contributed by atoms with E-state index in [9.17, 15) is 15.0 Å². The number of hydrogen-bond donors (Lipinski definition) is 3. The van der Waals surface area contributed by atoms with Crippen molar-refractivity contribution < 1.29 is 19.7 Å². The van der Waals surface area contributed by atoms with E-state index in [2.05, 4.69) is 38.2 Å². The van der Waals surface area contributed by atoms with Crippen LogP contribution < -0.4 is 10.1 Å². The van der Waals surface area contributed by atoms with Crippen LogP contribution in [0.4, 0.5) is 11.4 Å². The molecule has 0 aliphatic heterocycles. The van der Waals surface area contributed by atoms with E-state index >= 15 is 0 Å². The molecule has 1 heterocycles. The largest absolute Gasteiger partial charge is 0.508 e. The minimum Gasteiger partial charge on any atom is -0.508 e. The van der Waals surface area contributed by atoms with E-state index in [1.165, 1.54) is 17.7 Å². The number of pyridine rings is 1. The van der Waals surface area contributed by atoms with Gasteiger partial charge in [-0.1, -0.05) is 89.2 Å². The second-order valence-corrected chi connectivity index (χ2v) is 12.0. The molecule has 0 radical (unpaired) electrons. The minimum absolute atomic E-state index is 0.0120. The van der Waals surface area contributed by atoms with Crippen LogP contribution in [0, 0.1) is 0 Å². The summed E-state index contributed by atoms with van der Waals surface area (Å²) >= 11 is 0. The quantitative estimate of drug-likeness (QED) is 0.180. The molecule has 0 fully saturated rings. The second-order valence-electron chi connectivity index (χ2n) is 12.0. The van der Waals surface area contributed by atoms with Gasteiger partial charge in [0.05, 0.1) is 16.9 Å². The molecule has 6 aromatic rings. The lowest BCUT2D eigenvalue weighted by atomic mass is 9.82. The molecule has 7 rings (SSSR count). The summed E-state index contributed by atoms with van der Waals surface area (Å²) in [6.45, 7) is 10.5. The highest BCUT2D eigenvalue weighted by molar-refractivity contribution is 6.29. The van der Waals surface area contributed by atoms with Crippen LogP contribution in [0.2, 0.25) is 0 Å². The molecule has 6 nitrogen and oxygen atoms in total.